The van der Waals surface area contributed by atoms with Crippen LogP contribution in [0.2, 0.25) is 0 Å². The Balaban J connectivity index is 2.44. The summed E-state index contributed by atoms with van der Waals surface area (Å²) >= 11 is 0. The van der Waals surface area contributed by atoms with Gasteiger partial charge in [-0.25, -0.2) is 0 Å². The molecule has 0 radical (unpaired) electrons. The highest BCUT2D eigenvalue weighted by Crippen LogP contribution is 2.09. The predicted octanol–water partition coefficient (Wildman–Crippen LogP) is 0.571. The maximum atomic E-state index is 11.9. The minimum Gasteiger partial charge on any atom is -0.480 e. The van der Waals surface area contributed by atoms with E-state index in [1.807, 2.05) is 4.90 Å². The molecule has 1 fully saturated rings. The summed E-state index contributed by atoms with van der Waals surface area (Å²) in [4.78, 5) is 26.0. The van der Waals surface area contributed by atoms with Crippen molar-refractivity contribution in [3.8, 4) is 0 Å². The van der Waals surface area contributed by atoms with Gasteiger partial charge in [0, 0.05) is 19.6 Å². The fourth-order valence-corrected chi connectivity index (χ4v) is 1.99. The van der Waals surface area contributed by atoms with Crippen molar-refractivity contribution in [3.05, 3.63) is 12.7 Å². The van der Waals surface area contributed by atoms with Crippen LogP contribution in [0.25, 0.3) is 0 Å². The second kappa shape index (κ2) is 7.06. The largest absolute Gasteiger partial charge is 0.480 e. The number of carbonyl (C=O) groups is 2. The summed E-state index contributed by atoms with van der Waals surface area (Å²) in [5.74, 6) is -0.897. The van der Waals surface area contributed by atoms with Gasteiger partial charge in [-0.3, -0.25) is 14.5 Å². The normalized spacial score (nSPS) is 15.9. The summed E-state index contributed by atoms with van der Waals surface area (Å²) in [6, 6.07) is 0. The van der Waals surface area contributed by atoms with Crippen molar-refractivity contribution >= 4 is 11.9 Å². The molecule has 1 rings (SSSR count). The van der Waals surface area contributed by atoms with Gasteiger partial charge in [-0.2, -0.15) is 0 Å². The van der Waals surface area contributed by atoms with Gasteiger partial charge in [-0.05, 0) is 19.3 Å². The second-order valence-corrected chi connectivity index (χ2v) is 4.29. The van der Waals surface area contributed by atoms with Crippen LogP contribution in [0.3, 0.4) is 0 Å². The zero-order valence-electron chi connectivity index (χ0n) is 10.1. The van der Waals surface area contributed by atoms with Crippen LogP contribution in [0.4, 0.5) is 0 Å². The van der Waals surface area contributed by atoms with Crippen LogP contribution in [-0.2, 0) is 9.59 Å². The fourth-order valence-electron chi connectivity index (χ4n) is 1.99. The van der Waals surface area contributed by atoms with Gasteiger partial charge in [-0.15, -0.1) is 6.58 Å². The van der Waals surface area contributed by atoms with Crippen LogP contribution < -0.4 is 0 Å². The zero-order valence-corrected chi connectivity index (χ0v) is 10.1. The van der Waals surface area contributed by atoms with Crippen LogP contribution in [0, 0.1) is 0 Å². The Labute approximate surface area is 102 Å². The standard InChI is InChI=1S/C12H20N2O3/c1-2-6-13(10-12(16)17)9-11(15)14-7-4-3-5-8-14/h2H,1,3-10H2,(H,16,17). The lowest BCUT2D eigenvalue weighted by atomic mass is 10.1. The molecule has 0 aliphatic carbocycles. The summed E-state index contributed by atoms with van der Waals surface area (Å²) in [5, 5.41) is 8.73. The molecule has 0 unspecified atom stereocenters. The Morgan fingerprint density at radius 3 is 2.41 bits per heavy atom. The van der Waals surface area contributed by atoms with Crippen molar-refractivity contribution < 1.29 is 14.7 Å². The van der Waals surface area contributed by atoms with Crippen molar-refractivity contribution in [2.75, 3.05) is 32.7 Å². The molecule has 0 bridgehead atoms. The molecule has 5 nitrogen and oxygen atoms in total. The minimum atomic E-state index is -0.918. The van der Waals surface area contributed by atoms with Gasteiger partial charge in [0.1, 0.15) is 0 Å². The molecular formula is C12H20N2O3. The Kier molecular flexibility index (Phi) is 5.69. The first-order valence-electron chi connectivity index (χ1n) is 5.96. The predicted molar refractivity (Wildman–Crippen MR) is 64.7 cm³/mol. The number of amides is 1. The first-order chi connectivity index (χ1) is 8.13. The van der Waals surface area contributed by atoms with E-state index >= 15 is 0 Å². The van der Waals surface area contributed by atoms with Gasteiger partial charge >= 0.3 is 5.97 Å². The molecule has 0 aromatic heterocycles. The molecule has 1 aliphatic rings. The molecule has 1 heterocycles. The maximum Gasteiger partial charge on any atom is 0.317 e. The molecule has 1 aliphatic heterocycles. The average Bonchev–Trinajstić information content (AvgIpc) is 2.29. The van der Waals surface area contributed by atoms with Crippen LogP contribution in [-0.4, -0.2) is 59.5 Å². The number of piperidine rings is 1. The van der Waals surface area contributed by atoms with Gasteiger partial charge in [-0.1, -0.05) is 6.08 Å². The average molecular weight is 240 g/mol. The fraction of sp³-hybridized carbons (Fsp3) is 0.667. The molecule has 0 saturated carbocycles. The summed E-state index contributed by atoms with van der Waals surface area (Å²) in [6.45, 7) is 5.64. The van der Waals surface area contributed by atoms with Crippen LogP contribution in [0.15, 0.2) is 12.7 Å². The molecule has 1 saturated heterocycles. The number of nitrogens with zero attached hydrogens (tertiary/aromatic N) is 2. The minimum absolute atomic E-state index is 0.0211. The lowest BCUT2D eigenvalue weighted by Gasteiger charge is -2.29. The third-order valence-electron chi connectivity index (χ3n) is 2.81. The number of rotatable bonds is 6. The molecule has 17 heavy (non-hydrogen) atoms. The number of hydrogen-bond acceptors (Lipinski definition) is 3. The molecule has 1 amide bonds. The molecule has 0 aromatic rings. The van der Waals surface area contributed by atoms with Gasteiger partial charge in [0.25, 0.3) is 0 Å². The van der Waals surface area contributed by atoms with E-state index in [4.69, 9.17) is 5.11 Å². The van der Waals surface area contributed by atoms with E-state index < -0.39 is 5.97 Å². The summed E-state index contributed by atoms with van der Waals surface area (Å²) in [7, 11) is 0. The quantitative estimate of drug-likeness (QED) is 0.690. The Bertz CT molecular complexity index is 285. The van der Waals surface area contributed by atoms with Crippen molar-refractivity contribution in [1.82, 2.24) is 9.80 Å². The van der Waals surface area contributed by atoms with Gasteiger partial charge < -0.3 is 10.0 Å². The number of likely N-dealkylation sites (tertiary alicyclic amines) is 1. The molecular weight excluding hydrogens is 220 g/mol. The van der Waals surface area contributed by atoms with Crippen LogP contribution in [0.1, 0.15) is 19.3 Å². The number of carbonyl (C=O) groups excluding carboxylic acids is 1. The zero-order chi connectivity index (χ0) is 12.7. The second-order valence-electron chi connectivity index (χ2n) is 4.29. The number of aliphatic carboxylic acids is 1. The van der Waals surface area contributed by atoms with Gasteiger partial charge in [0.2, 0.25) is 5.91 Å². The van der Waals surface area contributed by atoms with E-state index in [1.54, 1.807) is 11.0 Å². The van der Waals surface area contributed by atoms with Crippen molar-refractivity contribution in [2.45, 2.75) is 19.3 Å². The van der Waals surface area contributed by atoms with E-state index in [-0.39, 0.29) is 19.0 Å². The molecule has 0 spiro atoms. The van der Waals surface area contributed by atoms with E-state index in [0.717, 1.165) is 25.9 Å². The molecule has 1 N–H and O–H groups in total. The summed E-state index contributed by atoms with van der Waals surface area (Å²) in [6.07, 6.45) is 4.89. The molecule has 0 atom stereocenters. The third kappa shape index (κ3) is 4.99. The highest BCUT2D eigenvalue weighted by Gasteiger charge is 2.19. The van der Waals surface area contributed by atoms with Crippen molar-refractivity contribution in [3.63, 3.8) is 0 Å². The van der Waals surface area contributed by atoms with E-state index in [1.165, 1.54) is 6.42 Å². The number of hydrogen-bond donors (Lipinski definition) is 1. The number of carboxylic acids is 1. The molecule has 5 heteroatoms. The smallest absolute Gasteiger partial charge is 0.317 e. The Hall–Kier alpha value is -1.36. The van der Waals surface area contributed by atoms with E-state index in [2.05, 4.69) is 6.58 Å². The topological polar surface area (TPSA) is 60.9 Å². The van der Waals surface area contributed by atoms with Gasteiger partial charge in [0.05, 0.1) is 13.1 Å². The molecule has 0 aromatic carbocycles. The maximum absolute atomic E-state index is 11.9. The Morgan fingerprint density at radius 2 is 1.88 bits per heavy atom. The van der Waals surface area contributed by atoms with E-state index in [9.17, 15) is 9.59 Å². The monoisotopic (exact) mass is 240 g/mol. The van der Waals surface area contributed by atoms with Crippen molar-refractivity contribution in [2.24, 2.45) is 0 Å². The van der Waals surface area contributed by atoms with Crippen LogP contribution >= 0.6 is 0 Å². The highest BCUT2D eigenvalue weighted by molar-refractivity contribution is 5.79. The highest BCUT2D eigenvalue weighted by atomic mass is 16.4. The first-order valence-corrected chi connectivity index (χ1v) is 5.96. The van der Waals surface area contributed by atoms with Gasteiger partial charge in [0.15, 0.2) is 0 Å². The lowest BCUT2D eigenvalue weighted by molar-refractivity contribution is -0.139. The third-order valence-corrected chi connectivity index (χ3v) is 2.81. The van der Waals surface area contributed by atoms with Crippen LogP contribution in [0.5, 0.6) is 0 Å². The first kappa shape index (κ1) is 13.7. The van der Waals surface area contributed by atoms with E-state index in [0.29, 0.717) is 6.54 Å². The Morgan fingerprint density at radius 1 is 1.24 bits per heavy atom. The lowest BCUT2D eigenvalue weighted by Crippen LogP contribution is -2.44. The SMILES string of the molecule is C=CCN(CC(=O)O)CC(=O)N1CCCCC1. The number of carboxylic acid groups (broad SMARTS) is 1. The molecule has 96 valence electrons. The summed E-state index contributed by atoms with van der Waals surface area (Å²) < 4.78 is 0. The van der Waals surface area contributed by atoms with Crippen molar-refractivity contribution in [1.29, 1.82) is 0 Å². The summed E-state index contributed by atoms with van der Waals surface area (Å²) in [5.41, 5.74) is 0.